The molecule has 1 atom stereocenters. The normalized spacial score (nSPS) is 16.9. The Hall–Kier alpha value is -3.22. The van der Waals surface area contributed by atoms with Crippen LogP contribution in [0.1, 0.15) is 35.3 Å². The van der Waals surface area contributed by atoms with Crippen LogP contribution in [-0.2, 0) is 6.42 Å². The third kappa shape index (κ3) is 3.53. The van der Waals surface area contributed by atoms with Gasteiger partial charge in [0.2, 0.25) is 6.79 Å². The molecule has 0 aliphatic carbocycles. The number of carbonyl (C=O) groups is 1. The van der Waals surface area contributed by atoms with Crippen molar-refractivity contribution in [3.63, 3.8) is 0 Å². The highest BCUT2D eigenvalue weighted by Crippen LogP contribution is 2.34. The number of carbonyl (C=O) groups excluding carboxylic acids is 1. The first kappa shape index (κ1) is 17.2. The largest absolute Gasteiger partial charge is 0.493 e. The molecule has 1 amide bonds. The van der Waals surface area contributed by atoms with Gasteiger partial charge in [0.1, 0.15) is 17.6 Å². The van der Waals surface area contributed by atoms with Crippen LogP contribution in [0.3, 0.4) is 0 Å². The average molecular weight is 368 g/mol. The molecule has 140 valence electrons. The lowest BCUT2D eigenvalue weighted by Gasteiger charge is -2.09. The Morgan fingerprint density at radius 3 is 2.96 bits per heavy atom. The molecule has 2 heterocycles. The molecule has 0 radical (unpaired) electrons. The zero-order valence-corrected chi connectivity index (χ0v) is 15.2. The van der Waals surface area contributed by atoms with Gasteiger partial charge in [0.05, 0.1) is 12.8 Å². The summed E-state index contributed by atoms with van der Waals surface area (Å²) in [7, 11) is 0. The SMILES string of the molecule is CCOc1cc2c(cc1/C=N\NC(=O)c1ccc3c(c1)OCO3)O[C@H](C)C2. The quantitative estimate of drug-likeness (QED) is 0.649. The fourth-order valence-electron chi connectivity index (χ4n) is 3.10. The summed E-state index contributed by atoms with van der Waals surface area (Å²) in [5, 5.41) is 4.07. The number of hydrogen-bond donors (Lipinski definition) is 1. The predicted molar refractivity (Wildman–Crippen MR) is 99.0 cm³/mol. The Kier molecular flexibility index (Phi) is 4.58. The van der Waals surface area contributed by atoms with Crippen LogP contribution in [0.2, 0.25) is 0 Å². The van der Waals surface area contributed by atoms with Crippen molar-refractivity contribution in [1.29, 1.82) is 0 Å². The third-order valence-electron chi connectivity index (χ3n) is 4.33. The van der Waals surface area contributed by atoms with E-state index in [2.05, 4.69) is 10.5 Å². The smallest absolute Gasteiger partial charge is 0.271 e. The molecule has 4 rings (SSSR count). The molecule has 0 saturated carbocycles. The minimum atomic E-state index is -0.339. The first-order chi connectivity index (χ1) is 13.1. The average Bonchev–Trinajstić information content (AvgIpc) is 3.26. The molecule has 2 aromatic carbocycles. The highest BCUT2D eigenvalue weighted by Gasteiger charge is 2.21. The van der Waals surface area contributed by atoms with E-state index in [0.29, 0.717) is 23.7 Å². The van der Waals surface area contributed by atoms with Crippen molar-refractivity contribution in [2.24, 2.45) is 5.10 Å². The fourth-order valence-corrected chi connectivity index (χ4v) is 3.10. The first-order valence-electron chi connectivity index (χ1n) is 8.83. The van der Waals surface area contributed by atoms with Gasteiger partial charge in [-0.05, 0) is 44.2 Å². The van der Waals surface area contributed by atoms with Crippen LogP contribution in [0.15, 0.2) is 35.4 Å². The summed E-state index contributed by atoms with van der Waals surface area (Å²) in [6, 6.07) is 8.86. The number of nitrogens with zero attached hydrogens (tertiary/aromatic N) is 1. The molecule has 7 nitrogen and oxygen atoms in total. The van der Waals surface area contributed by atoms with E-state index in [4.69, 9.17) is 18.9 Å². The summed E-state index contributed by atoms with van der Waals surface area (Å²) in [5.74, 6) is 2.39. The third-order valence-corrected chi connectivity index (χ3v) is 4.33. The van der Waals surface area contributed by atoms with Gasteiger partial charge in [-0.15, -0.1) is 0 Å². The van der Waals surface area contributed by atoms with Crippen LogP contribution < -0.4 is 24.4 Å². The van der Waals surface area contributed by atoms with Crippen molar-refractivity contribution in [3.05, 3.63) is 47.0 Å². The minimum Gasteiger partial charge on any atom is -0.493 e. The second kappa shape index (κ2) is 7.19. The molecular formula is C20H20N2O5. The van der Waals surface area contributed by atoms with E-state index < -0.39 is 0 Å². The summed E-state index contributed by atoms with van der Waals surface area (Å²) in [6.45, 7) is 4.66. The van der Waals surface area contributed by atoms with Gasteiger partial charge < -0.3 is 18.9 Å². The van der Waals surface area contributed by atoms with Gasteiger partial charge in [0.25, 0.3) is 5.91 Å². The maximum Gasteiger partial charge on any atom is 0.271 e. The van der Waals surface area contributed by atoms with E-state index in [9.17, 15) is 4.79 Å². The Balaban J connectivity index is 1.49. The van der Waals surface area contributed by atoms with Crippen LogP contribution in [-0.4, -0.2) is 31.6 Å². The number of amides is 1. The number of nitrogens with one attached hydrogen (secondary N) is 1. The van der Waals surface area contributed by atoms with Crippen molar-refractivity contribution >= 4 is 12.1 Å². The maximum absolute atomic E-state index is 12.3. The van der Waals surface area contributed by atoms with Gasteiger partial charge in [-0.1, -0.05) is 0 Å². The van der Waals surface area contributed by atoms with E-state index in [0.717, 1.165) is 29.0 Å². The Labute approximate surface area is 156 Å². The molecule has 0 spiro atoms. The minimum absolute atomic E-state index is 0.146. The van der Waals surface area contributed by atoms with Gasteiger partial charge in [-0.25, -0.2) is 5.43 Å². The van der Waals surface area contributed by atoms with Crippen LogP contribution >= 0.6 is 0 Å². The molecule has 0 aromatic heterocycles. The molecular weight excluding hydrogens is 348 g/mol. The lowest BCUT2D eigenvalue weighted by Crippen LogP contribution is -2.17. The standard InChI is InChI=1S/C20H20N2O5/c1-3-24-17-8-14-6-12(2)27-18(14)9-15(17)10-21-22-20(23)13-4-5-16-19(7-13)26-11-25-16/h4-5,7-10,12H,3,6,11H2,1-2H3,(H,22,23)/b21-10-/t12-/m1/s1. The van der Waals surface area contributed by atoms with Crippen molar-refractivity contribution in [2.45, 2.75) is 26.4 Å². The van der Waals surface area contributed by atoms with Gasteiger partial charge in [-0.2, -0.15) is 5.10 Å². The summed E-state index contributed by atoms with van der Waals surface area (Å²) < 4.78 is 22.0. The summed E-state index contributed by atoms with van der Waals surface area (Å²) in [5.41, 5.74) is 4.82. The lowest BCUT2D eigenvalue weighted by atomic mass is 10.1. The predicted octanol–water partition coefficient (Wildman–Crippen LogP) is 2.90. The summed E-state index contributed by atoms with van der Waals surface area (Å²) in [4.78, 5) is 12.3. The number of benzene rings is 2. The fraction of sp³-hybridized carbons (Fsp3) is 0.300. The van der Waals surface area contributed by atoms with Crippen molar-refractivity contribution < 1.29 is 23.7 Å². The van der Waals surface area contributed by atoms with E-state index in [-0.39, 0.29) is 18.8 Å². The van der Waals surface area contributed by atoms with Gasteiger partial charge in [0, 0.05) is 23.1 Å². The van der Waals surface area contributed by atoms with Crippen LogP contribution in [0.5, 0.6) is 23.0 Å². The first-order valence-corrected chi connectivity index (χ1v) is 8.83. The molecule has 2 aromatic rings. The van der Waals surface area contributed by atoms with E-state index in [1.165, 1.54) is 0 Å². The van der Waals surface area contributed by atoms with Crippen molar-refractivity contribution in [2.75, 3.05) is 13.4 Å². The number of ether oxygens (including phenoxy) is 4. The monoisotopic (exact) mass is 368 g/mol. The Bertz CT molecular complexity index is 909. The van der Waals surface area contributed by atoms with Crippen LogP contribution in [0, 0.1) is 0 Å². The second-order valence-corrected chi connectivity index (χ2v) is 6.33. The van der Waals surface area contributed by atoms with E-state index in [1.54, 1.807) is 24.4 Å². The van der Waals surface area contributed by atoms with Gasteiger partial charge >= 0.3 is 0 Å². The zero-order valence-electron chi connectivity index (χ0n) is 15.2. The molecule has 7 heteroatoms. The molecule has 2 aliphatic rings. The van der Waals surface area contributed by atoms with Gasteiger partial charge in [-0.3, -0.25) is 4.79 Å². The molecule has 0 fully saturated rings. The van der Waals surface area contributed by atoms with E-state index in [1.807, 2.05) is 26.0 Å². The number of hydrazone groups is 1. The van der Waals surface area contributed by atoms with Crippen LogP contribution in [0.4, 0.5) is 0 Å². The lowest BCUT2D eigenvalue weighted by molar-refractivity contribution is 0.0954. The summed E-state index contributed by atoms with van der Waals surface area (Å²) >= 11 is 0. The molecule has 27 heavy (non-hydrogen) atoms. The molecule has 0 unspecified atom stereocenters. The van der Waals surface area contributed by atoms with E-state index >= 15 is 0 Å². The Morgan fingerprint density at radius 1 is 1.26 bits per heavy atom. The molecule has 0 bridgehead atoms. The highest BCUT2D eigenvalue weighted by molar-refractivity contribution is 5.95. The number of rotatable bonds is 5. The molecule has 0 saturated heterocycles. The second-order valence-electron chi connectivity index (χ2n) is 6.33. The molecule has 1 N–H and O–H groups in total. The number of hydrogen-bond acceptors (Lipinski definition) is 6. The topological polar surface area (TPSA) is 78.4 Å². The van der Waals surface area contributed by atoms with Crippen molar-refractivity contribution in [3.8, 4) is 23.0 Å². The van der Waals surface area contributed by atoms with Gasteiger partial charge in [0.15, 0.2) is 11.5 Å². The maximum atomic E-state index is 12.3. The zero-order chi connectivity index (χ0) is 18.8. The number of fused-ring (bicyclic) bond motifs is 2. The summed E-state index contributed by atoms with van der Waals surface area (Å²) in [6.07, 6.45) is 2.56. The highest BCUT2D eigenvalue weighted by atomic mass is 16.7. The Morgan fingerprint density at radius 2 is 2.11 bits per heavy atom. The molecule has 2 aliphatic heterocycles. The van der Waals surface area contributed by atoms with Crippen LogP contribution in [0.25, 0.3) is 0 Å². The van der Waals surface area contributed by atoms with Crippen molar-refractivity contribution in [1.82, 2.24) is 5.43 Å².